The summed E-state index contributed by atoms with van der Waals surface area (Å²) in [6.07, 6.45) is 0. The molecule has 1 nitrogen and oxygen atoms in total. The predicted molar refractivity (Wildman–Crippen MR) is 74.4 cm³/mol. The Morgan fingerprint density at radius 1 is 1.06 bits per heavy atom. The predicted octanol–water partition coefficient (Wildman–Crippen LogP) is 4.03. The second-order valence-electron chi connectivity index (χ2n) is 4.15. The first-order valence-electron chi connectivity index (χ1n) is 5.71. The van der Waals surface area contributed by atoms with Crippen LogP contribution < -0.4 is 5.32 Å². The molecule has 88 valence electrons. The van der Waals surface area contributed by atoms with Crippen LogP contribution in [0.25, 0.3) is 11.1 Å². The summed E-state index contributed by atoms with van der Waals surface area (Å²) in [6, 6.07) is 14.5. The average Bonchev–Trinajstić information content (AvgIpc) is 2.31. The lowest BCUT2D eigenvalue weighted by Gasteiger charge is -2.12. The Balaban J connectivity index is 2.55. The van der Waals surface area contributed by atoms with E-state index in [2.05, 4.69) is 42.6 Å². The molecule has 0 amide bonds. The van der Waals surface area contributed by atoms with Crippen molar-refractivity contribution in [3.8, 4) is 11.1 Å². The van der Waals surface area contributed by atoms with Gasteiger partial charge in [-0.2, -0.15) is 0 Å². The number of rotatable bonds is 3. The van der Waals surface area contributed by atoms with E-state index in [-0.39, 0.29) is 0 Å². The standard InChI is InChI=1S/C15H16ClN/c1-11-5-3-4-6-14(11)15-8-7-13(16)9-12(15)10-17-2/h3-9,17H,10H2,1-2H3. The zero-order valence-electron chi connectivity index (χ0n) is 10.1. The van der Waals surface area contributed by atoms with Gasteiger partial charge >= 0.3 is 0 Å². The molecule has 0 radical (unpaired) electrons. The van der Waals surface area contributed by atoms with Crippen LogP contribution in [0, 0.1) is 6.92 Å². The van der Waals surface area contributed by atoms with Crippen molar-refractivity contribution in [3.05, 3.63) is 58.6 Å². The summed E-state index contributed by atoms with van der Waals surface area (Å²) in [4.78, 5) is 0. The highest BCUT2D eigenvalue weighted by Crippen LogP contribution is 2.28. The maximum atomic E-state index is 6.05. The van der Waals surface area contributed by atoms with Crippen molar-refractivity contribution in [2.24, 2.45) is 0 Å². The Hall–Kier alpha value is -1.31. The summed E-state index contributed by atoms with van der Waals surface area (Å²) in [7, 11) is 1.95. The van der Waals surface area contributed by atoms with E-state index in [4.69, 9.17) is 11.6 Å². The molecule has 0 saturated heterocycles. The molecule has 2 rings (SSSR count). The van der Waals surface area contributed by atoms with Crippen LogP contribution in [0.1, 0.15) is 11.1 Å². The van der Waals surface area contributed by atoms with E-state index < -0.39 is 0 Å². The van der Waals surface area contributed by atoms with Crippen LogP contribution in [0.15, 0.2) is 42.5 Å². The molecule has 0 atom stereocenters. The van der Waals surface area contributed by atoms with Crippen LogP contribution in [0.3, 0.4) is 0 Å². The number of aryl methyl sites for hydroxylation is 1. The highest BCUT2D eigenvalue weighted by atomic mass is 35.5. The first-order valence-corrected chi connectivity index (χ1v) is 6.09. The van der Waals surface area contributed by atoms with E-state index >= 15 is 0 Å². The number of hydrogen-bond donors (Lipinski definition) is 1. The molecule has 0 aliphatic carbocycles. The molecular formula is C15H16ClN. The van der Waals surface area contributed by atoms with Crippen molar-refractivity contribution in [1.82, 2.24) is 5.32 Å². The van der Waals surface area contributed by atoms with Gasteiger partial charge in [0.1, 0.15) is 0 Å². The largest absolute Gasteiger partial charge is 0.316 e. The summed E-state index contributed by atoms with van der Waals surface area (Å²) in [5, 5.41) is 3.97. The number of benzene rings is 2. The van der Waals surface area contributed by atoms with Crippen LogP contribution in [0.4, 0.5) is 0 Å². The normalized spacial score (nSPS) is 10.5. The molecule has 0 bridgehead atoms. The molecule has 0 fully saturated rings. The molecule has 0 aromatic heterocycles. The van der Waals surface area contributed by atoms with Gasteiger partial charge in [-0.25, -0.2) is 0 Å². The van der Waals surface area contributed by atoms with Crippen LogP contribution in [-0.4, -0.2) is 7.05 Å². The maximum Gasteiger partial charge on any atom is 0.0409 e. The van der Waals surface area contributed by atoms with E-state index in [1.807, 2.05) is 19.2 Å². The van der Waals surface area contributed by atoms with Crippen molar-refractivity contribution in [2.75, 3.05) is 7.05 Å². The van der Waals surface area contributed by atoms with Gasteiger partial charge in [0, 0.05) is 11.6 Å². The topological polar surface area (TPSA) is 12.0 Å². The molecule has 2 aromatic rings. The second kappa shape index (κ2) is 5.35. The van der Waals surface area contributed by atoms with E-state index in [0.717, 1.165) is 11.6 Å². The summed E-state index contributed by atoms with van der Waals surface area (Å²) in [5.74, 6) is 0. The lowest BCUT2D eigenvalue weighted by molar-refractivity contribution is 0.819. The smallest absolute Gasteiger partial charge is 0.0409 e. The average molecular weight is 246 g/mol. The van der Waals surface area contributed by atoms with Gasteiger partial charge in [0.15, 0.2) is 0 Å². The minimum absolute atomic E-state index is 0.785. The second-order valence-corrected chi connectivity index (χ2v) is 4.58. The van der Waals surface area contributed by atoms with Crippen molar-refractivity contribution in [2.45, 2.75) is 13.5 Å². The van der Waals surface area contributed by atoms with Gasteiger partial charge in [0.2, 0.25) is 0 Å². The van der Waals surface area contributed by atoms with Crippen LogP contribution >= 0.6 is 11.6 Å². The minimum Gasteiger partial charge on any atom is -0.316 e. The Morgan fingerprint density at radius 2 is 1.82 bits per heavy atom. The number of hydrogen-bond acceptors (Lipinski definition) is 1. The molecular weight excluding hydrogens is 230 g/mol. The van der Waals surface area contributed by atoms with E-state index in [1.54, 1.807) is 0 Å². The number of halogens is 1. The van der Waals surface area contributed by atoms with Crippen molar-refractivity contribution >= 4 is 11.6 Å². The minimum atomic E-state index is 0.785. The fourth-order valence-electron chi connectivity index (χ4n) is 2.04. The molecule has 1 N–H and O–H groups in total. The summed E-state index contributed by atoms with van der Waals surface area (Å²) in [5.41, 5.74) is 5.04. The molecule has 0 aliphatic heterocycles. The summed E-state index contributed by atoms with van der Waals surface area (Å²) < 4.78 is 0. The van der Waals surface area contributed by atoms with Crippen LogP contribution in [-0.2, 0) is 6.54 Å². The van der Waals surface area contributed by atoms with Gasteiger partial charge < -0.3 is 5.32 Å². The SMILES string of the molecule is CNCc1cc(Cl)ccc1-c1ccccc1C. The maximum absolute atomic E-state index is 6.05. The van der Waals surface area contributed by atoms with Gasteiger partial charge in [-0.15, -0.1) is 0 Å². The zero-order chi connectivity index (χ0) is 12.3. The Labute approximate surface area is 107 Å². The Kier molecular flexibility index (Phi) is 3.82. The Morgan fingerprint density at radius 3 is 2.53 bits per heavy atom. The van der Waals surface area contributed by atoms with Gasteiger partial charge in [-0.1, -0.05) is 41.9 Å². The lowest BCUT2D eigenvalue weighted by atomic mass is 9.96. The third kappa shape index (κ3) is 2.68. The Bertz CT molecular complexity index is 520. The molecule has 17 heavy (non-hydrogen) atoms. The molecule has 2 heteroatoms. The van der Waals surface area contributed by atoms with E-state index in [1.165, 1.54) is 22.3 Å². The zero-order valence-corrected chi connectivity index (χ0v) is 10.9. The van der Waals surface area contributed by atoms with Gasteiger partial charge in [-0.05, 0) is 48.4 Å². The van der Waals surface area contributed by atoms with Crippen LogP contribution in [0.5, 0.6) is 0 Å². The number of nitrogens with one attached hydrogen (secondary N) is 1. The first-order chi connectivity index (χ1) is 8.22. The van der Waals surface area contributed by atoms with Gasteiger partial charge in [-0.3, -0.25) is 0 Å². The van der Waals surface area contributed by atoms with Gasteiger partial charge in [0.05, 0.1) is 0 Å². The highest BCUT2D eigenvalue weighted by Gasteiger charge is 2.07. The molecule has 0 aliphatic rings. The third-order valence-corrected chi connectivity index (χ3v) is 3.10. The van der Waals surface area contributed by atoms with E-state index in [0.29, 0.717) is 0 Å². The molecule has 0 spiro atoms. The third-order valence-electron chi connectivity index (χ3n) is 2.87. The van der Waals surface area contributed by atoms with Gasteiger partial charge in [0.25, 0.3) is 0 Å². The lowest BCUT2D eigenvalue weighted by Crippen LogP contribution is -2.06. The van der Waals surface area contributed by atoms with Crippen molar-refractivity contribution in [1.29, 1.82) is 0 Å². The van der Waals surface area contributed by atoms with Crippen molar-refractivity contribution in [3.63, 3.8) is 0 Å². The first kappa shape index (κ1) is 12.2. The quantitative estimate of drug-likeness (QED) is 0.861. The fraction of sp³-hybridized carbons (Fsp3) is 0.200. The molecule has 0 unspecified atom stereocenters. The van der Waals surface area contributed by atoms with Crippen LogP contribution in [0.2, 0.25) is 5.02 Å². The van der Waals surface area contributed by atoms with Crippen molar-refractivity contribution < 1.29 is 0 Å². The highest BCUT2D eigenvalue weighted by molar-refractivity contribution is 6.30. The monoisotopic (exact) mass is 245 g/mol. The molecule has 0 heterocycles. The molecule has 2 aromatic carbocycles. The van der Waals surface area contributed by atoms with E-state index in [9.17, 15) is 0 Å². The molecule has 0 saturated carbocycles. The summed E-state index contributed by atoms with van der Waals surface area (Å²) >= 11 is 6.05. The summed E-state index contributed by atoms with van der Waals surface area (Å²) in [6.45, 7) is 2.96. The fourth-order valence-corrected chi connectivity index (χ4v) is 2.23.